The van der Waals surface area contributed by atoms with E-state index in [1.807, 2.05) is 0 Å². The van der Waals surface area contributed by atoms with Crippen molar-refractivity contribution in [1.29, 1.82) is 0 Å². The summed E-state index contributed by atoms with van der Waals surface area (Å²) in [7, 11) is 1.55. The third-order valence-corrected chi connectivity index (χ3v) is 5.80. The number of nitrogens with zero attached hydrogens (tertiary/aromatic N) is 2. The van der Waals surface area contributed by atoms with E-state index in [0.717, 1.165) is 43.4 Å². The summed E-state index contributed by atoms with van der Waals surface area (Å²) in [5.41, 5.74) is 1.81. The highest BCUT2D eigenvalue weighted by atomic mass is 19.4. The molecule has 0 unspecified atom stereocenters. The minimum Gasteiger partial charge on any atom is -0.493 e. The van der Waals surface area contributed by atoms with Crippen LogP contribution in [0.1, 0.15) is 36.8 Å². The summed E-state index contributed by atoms with van der Waals surface area (Å²) in [6.07, 6.45) is 0.176. The van der Waals surface area contributed by atoms with Crippen LogP contribution in [0.25, 0.3) is 10.9 Å². The van der Waals surface area contributed by atoms with E-state index in [0.29, 0.717) is 42.0 Å². The van der Waals surface area contributed by atoms with Crippen molar-refractivity contribution in [2.75, 3.05) is 33.4 Å². The van der Waals surface area contributed by atoms with Crippen LogP contribution >= 0.6 is 0 Å². The predicted octanol–water partition coefficient (Wildman–Crippen LogP) is 4.06. The smallest absolute Gasteiger partial charge is 0.491 e. The van der Waals surface area contributed by atoms with E-state index in [1.54, 1.807) is 19.2 Å². The van der Waals surface area contributed by atoms with Gasteiger partial charge in [-0.15, -0.1) is 0 Å². The Morgan fingerprint density at radius 1 is 1.10 bits per heavy atom. The second kappa shape index (κ2) is 8.90. The molecular weight excluding hydrogens is 413 g/mol. The molecule has 0 radical (unpaired) electrons. The molecule has 1 saturated heterocycles. The van der Waals surface area contributed by atoms with Gasteiger partial charge in [0.15, 0.2) is 11.5 Å². The molecule has 0 N–H and O–H groups in total. The number of benzene rings is 1. The van der Waals surface area contributed by atoms with Crippen LogP contribution in [-0.4, -0.2) is 55.4 Å². The van der Waals surface area contributed by atoms with Gasteiger partial charge in [-0.2, -0.15) is 13.2 Å². The minimum atomic E-state index is -5.08. The van der Waals surface area contributed by atoms with Gasteiger partial charge in [-0.05, 0) is 63.2 Å². The van der Waals surface area contributed by atoms with Crippen molar-refractivity contribution in [3.05, 3.63) is 23.3 Å². The predicted molar refractivity (Wildman–Crippen MR) is 108 cm³/mol. The molecule has 2 heterocycles. The number of aryl methyl sites for hydroxylation is 1. The molecule has 1 aromatic carbocycles. The Morgan fingerprint density at radius 2 is 1.84 bits per heavy atom. The molecule has 9 heteroatoms. The zero-order chi connectivity index (χ0) is 22.0. The van der Waals surface area contributed by atoms with Gasteiger partial charge in [0.2, 0.25) is 5.88 Å². The van der Waals surface area contributed by atoms with Crippen molar-refractivity contribution in [3.63, 3.8) is 0 Å². The van der Waals surface area contributed by atoms with Crippen LogP contribution in [0.3, 0.4) is 0 Å². The molecule has 0 spiro atoms. The van der Waals surface area contributed by atoms with E-state index in [-0.39, 0.29) is 5.88 Å². The van der Waals surface area contributed by atoms with E-state index in [9.17, 15) is 18.0 Å². The van der Waals surface area contributed by atoms with Gasteiger partial charge in [0.1, 0.15) is 0 Å². The van der Waals surface area contributed by atoms with Crippen LogP contribution in [0.5, 0.6) is 17.4 Å². The van der Waals surface area contributed by atoms with Gasteiger partial charge in [0, 0.05) is 23.6 Å². The Morgan fingerprint density at radius 3 is 2.55 bits per heavy atom. The lowest BCUT2D eigenvalue weighted by atomic mass is 10.0. The first-order chi connectivity index (χ1) is 14.9. The van der Waals surface area contributed by atoms with Gasteiger partial charge in [-0.3, -0.25) is 0 Å². The van der Waals surface area contributed by atoms with E-state index in [1.165, 1.54) is 12.8 Å². The number of rotatable bonds is 7. The number of likely N-dealkylation sites (tertiary alicyclic amines) is 1. The molecule has 1 aromatic heterocycles. The van der Waals surface area contributed by atoms with Crippen molar-refractivity contribution < 1.29 is 32.2 Å². The van der Waals surface area contributed by atoms with Crippen LogP contribution in [0.4, 0.5) is 13.2 Å². The minimum absolute atomic E-state index is 0.271. The van der Waals surface area contributed by atoms with Gasteiger partial charge in [-0.25, -0.2) is 9.78 Å². The van der Waals surface area contributed by atoms with E-state index >= 15 is 0 Å². The highest BCUT2D eigenvalue weighted by molar-refractivity contribution is 5.89. The molecule has 4 rings (SSSR count). The Labute approximate surface area is 178 Å². The second-order valence-corrected chi connectivity index (χ2v) is 7.89. The van der Waals surface area contributed by atoms with Gasteiger partial charge in [-0.1, -0.05) is 0 Å². The van der Waals surface area contributed by atoms with Crippen LogP contribution in [0, 0.1) is 0 Å². The standard InChI is InChI=1S/C22H25F3N2O4/c1-29-18-12-16-14-6-4-7-15(14)20(31-21(28)22(23,24)25)26-17(16)13-19(18)30-11-5-10-27-8-2-3-9-27/h12-13H,2-11H2,1H3. The Bertz CT molecular complexity index is 972. The molecule has 0 bridgehead atoms. The Balaban J connectivity index is 1.59. The van der Waals surface area contributed by atoms with Crippen molar-refractivity contribution in [1.82, 2.24) is 9.88 Å². The number of carbonyl (C=O) groups excluding carboxylic acids is 1. The molecule has 0 atom stereocenters. The fourth-order valence-electron chi connectivity index (χ4n) is 4.32. The lowest BCUT2D eigenvalue weighted by Crippen LogP contribution is -2.28. The van der Waals surface area contributed by atoms with Gasteiger partial charge >= 0.3 is 12.1 Å². The molecule has 1 aliphatic heterocycles. The fraction of sp³-hybridized carbons (Fsp3) is 0.545. The number of carbonyl (C=O) groups is 1. The number of fused-ring (bicyclic) bond motifs is 3. The molecule has 168 valence electrons. The van der Waals surface area contributed by atoms with Gasteiger partial charge in [0.25, 0.3) is 0 Å². The average molecular weight is 438 g/mol. The highest BCUT2D eigenvalue weighted by Crippen LogP contribution is 2.40. The summed E-state index contributed by atoms with van der Waals surface area (Å²) >= 11 is 0. The molecule has 1 fully saturated rings. The number of hydrogen-bond donors (Lipinski definition) is 0. The Kier molecular flexibility index (Phi) is 6.22. The number of esters is 1. The number of pyridine rings is 1. The molecule has 0 amide bonds. The third kappa shape index (κ3) is 4.71. The first kappa shape index (κ1) is 21.7. The summed E-state index contributed by atoms with van der Waals surface area (Å²) in [6.45, 7) is 3.68. The largest absolute Gasteiger partial charge is 0.493 e. The normalized spacial score (nSPS) is 16.5. The molecular formula is C22H25F3N2O4. The van der Waals surface area contributed by atoms with E-state index in [2.05, 4.69) is 14.6 Å². The Hall–Kier alpha value is -2.55. The lowest BCUT2D eigenvalue weighted by Gasteiger charge is -2.17. The highest BCUT2D eigenvalue weighted by Gasteiger charge is 2.42. The zero-order valence-corrected chi connectivity index (χ0v) is 17.4. The molecule has 2 aromatic rings. The molecule has 6 nitrogen and oxygen atoms in total. The summed E-state index contributed by atoms with van der Waals surface area (Å²) < 4.78 is 54.1. The van der Waals surface area contributed by atoms with Crippen LogP contribution in [0.15, 0.2) is 12.1 Å². The maximum absolute atomic E-state index is 12.7. The number of hydrogen-bond acceptors (Lipinski definition) is 6. The summed E-state index contributed by atoms with van der Waals surface area (Å²) in [5, 5.41) is 0.778. The molecule has 31 heavy (non-hydrogen) atoms. The SMILES string of the molecule is COc1cc2c3c(c(OC(=O)C(F)(F)F)nc2cc1OCCCN1CCCC1)CCC3. The van der Waals surface area contributed by atoms with Crippen LogP contribution in [-0.2, 0) is 17.6 Å². The number of methoxy groups -OCH3 is 1. The summed E-state index contributed by atoms with van der Waals surface area (Å²) in [6, 6.07) is 3.45. The zero-order valence-electron chi connectivity index (χ0n) is 17.4. The quantitative estimate of drug-likeness (QED) is 0.480. The number of aromatic nitrogens is 1. The van der Waals surface area contributed by atoms with Crippen molar-refractivity contribution in [3.8, 4) is 17.4 Å². The molecule has 1 aliphatic carbocycles. The first-order valence-corrected chi connectivity index (χ1v) is 10.5. The topological polar surface area (TPSA) is 60.9 Å². The van der Waals surface area contributed by atoms with Gasteiger partial charge in [0.05, 0.1) is 19.2 Å². The maximum Gasteiger partial charge on any atom is 0.491 e. The summed E-state index contributed by atoms with van der Waals surface area (Å²) in [4.78, 5) is 18.0. The van der Waals surface area contributed by atoms with Crippen molar-refractivity contribution in [2.24, 2.45) is 0 Å². The number of halogens is 3. The molecule has 2 aliphatic rings. The summed E-state index contributed by atoms with van der Waals surface area (Å²) in [5.74, 6) is -1.52. The molecule has 0 saturated carbocycles. The average Bonchev–Trinajstić information content (AvgIpc) is 3.42. The van der Waals surface area contributed by atoms with E-state index < -0.39 is 12.1 Å². The lowest BCUT2D eigenvalue weighted by molar-refractivity contribution is -0.190. The van der Waals surface area contributed by atoms with Crippen molar-refractivity contribution >= 4 is 16.9 Å². The number of alkyl halides is 3. The van der Waals surface area contributed by atoms with Crippen molar-refractivity contribution in [2.45, 2.75) is 44.7 Å². The van der Waals surface area contributed by atoms with Crippen LogP contribution in [0.2, 0.25) is 0 Å². The fourth-order valence-corrected chi connectivity index (χ4v) is 4.32. The monoisotopic (exact) mass is 438 g/mol. The third-order valence-electron chi connectivity index (χ3n) is 5.80. The number of ether oxygens (including phenoxy) is 3. The maximum atomic E-state index is 12.7. The van der Waals surface area contributed by atoms with Gasteiger partial charge < -0.3 is 19.1 Å². The van der Waals surface area contributed by atoms with Crippen LogP contribution < -0.4 is 14.2 Å². The first-order valence-electron chi connectivity index (χ1n) is 10.5. The van der Waals surface area contributed by atoms with E-state index in [4.69, 9.17) is 9.47 Å². The second-order valence-electron chi connectivity index (χ2n) is 7.89.